The average Bonchev–Trinajstić information content (AvgIpc) is 2.74. The van der Waals surface area contributed by atoms with Crippen LogP contribution in [0.4, 0.5) is 5.69 Å². The lowest BCUT2D eigenvalue weighted by Gasteiger charge is -2.19. The fourth-order valence-electron chi connectivity index (χ4n) is 2.86. The van der Waals surface area contributed by atoms with Crippen molar-refractivity contribution < 1.29 is 9.59 Å². The molecule has 3 aromatic rings. The molecule has 0 aliphatic carbocycles. The van der Waals surface area contributed by atoms with Gasteiger partial charge in [-0.15, -0.1) is 0 Å². The number of halogens is 1. The van der Waals surface area contributed by atoms with E-state index in [0.717, 1.165) is 11.1 Å². The zero-order valence-corrected chi connectivity index (χ0v) is 16.8. The van der Waals surface area contributed by atoms with E-state index in [0.29, 0.717) is 22.8 Å². The Morgan fingerprint density at radius 3 is 2.34 bits per heavy atom. The third-order valence-electron chi connectivity index (χ3n) is 4.34. The molecule has 0 aromatic heterocycles. The maximum absolute atomic E-state index is 12.9. The van der Waals surface area contributed by atoms with E-state index in [-0.39, 0.29) is 11.8 Å². The van der Waals surface area contributed by atoms with E-state index in [4.69, 9.17) is 11.6 Å². The molecular formula is C24H21ClN2O2. The summed E-state index contributed by atoms with van der Waals surface area (Å²) in [6.07, 6.45) is 3.04. The van der Waals surface area contributed by atoms with Crippen LogP contribution in [-0.2, 0) is 11.3 Å². The summed E-state index contributed by atoms with van der Waals surface area (Å²) < 4.78 is 0. The Bertz CT molecular complexity index is 1030. The molecule has 0 atom stereocenters. The highest BCUT2D eigenvalue weighted by Crippen LogP contribution is 2.19. The van der Waals surface area contributed by atoms with Crippen LogP contribution in [0.15, 0.2) is 84.9 Å². The van der Waals surface area contributed by atoms with Gasteiger partial charge in [-0.1, -0.05) is 72.3 Å². The number of nitrogens with one attached hydrogen (secondary N) is 1. The molecular weight excluding hydrogens is 384 g/mol. The van der Waals surface area contributed by atoms with Crippen LogP contribution in [-0.4, -0.2) is 23.8 Å². The van der Waals surface area contributed by atoms with Gasteiger partial charge in [-0.3, -0.25) is 9.59 Å². The summed E-state index contributed by atoms with van der Waals surface area (Å²) in [5.74, 6) is -0.504. The van der Waals surface area contributed by atoms with E-state index < -0.39 is 0 Å². The maximum Gasteiger partial charge on any atom is 0.256 e. The predicted molar refractivity (Wildman–Crippen MR) is 118 cm³/mol. The zero-order valence-electron chi connectivity index (χ0n) is 16.0. The first-order chi connectivity index (χ1) is 14.0. The van der Waals surface area contributed by atoms with Crippen LogP contribution in [0.25, 0.3) is 6.08 Å². The standard InChI is InChI=1S/C24H21ClN2O2/c1-27(17-18-9-3-2-4-10-18)24(29)20-12-6-8-14-22(20)26-23(28)16-15-19-11-5-7-13-21(19)25/h2-16H,17H2,1H3,(H,26,28). The second-order valence-corrected chi connectivity index (χ2v) is 6.94. The summed E-state index contributed by atoms with van der Waals surface area (Å²) in [4.78, 5) is 26.9. The fraction of sp³-hybridized carbons (Fsp3) is 0.0833. The normalized spacial score (nSPS) is 10.7. The fourth-order valence-corrected chi connectivity index (χ4v) is 3.06. The molecule has 3 aromatic carbocycles. The molecule has 29 heavy (non-hydrogen) atoms. The summed E-state index contributed by atoms with van der Waals surface area (Å²) in [7, 11) is 1.74. The highest BCUT2D eigenvalue weighted by Gasteiger charge is 2.16. The first kappa shape index (κ1) is 20.4. The van der Waals surface area contributed by atoms with Crippen molar-refractivity contribution in [2.75, 3.05) is 12.4 Å². The Morgan fingerprint density at radius 1 is 0.931 bits per heavy atom. The van der Waals surface area contributed by atoms with Crippen molar-refractivity contribution in [3.05, 3.63) is 107 Å². The summed E-state index contributed by atoms with van der Waals surface area (Å²) in [6, 6.07) is 24.0. The monoisotopic (exact) mass is 404 g/mol. The number of anilines is 1. The minimum Gasteiger partial charge on any atom is -0.337 e. The summed E-state index contributed by atoms with van der Waals surface area (Å²) in [6.45, 7) is 0.481. The van der Waals surface area contributed by atoms with Crippen molar-refractivity contribution in [3.8, 4) is 0 Å². The number of nitrogens with zero attached hydrogens (tertiary/aromatic N) is 1. The molecule has 1 N–H and O–H groups in total. The Morgan fingerprint density at radius 2 is 1.59 bits per heavy atom. The smallest absolute Gasteiger partial charge is 0.256 e. The first-order valence-electron chi connectivity index (χ1n) is 9.16. The molecule has 0 bridgehead atoms. The van der Waals surface area contributed by atoms with Gasteiger partial charge in [0, 0.05) is 24.7 Å². The molecule has 0 fully saturated rings. The second-order valence-electron chi connectivity index (χ2n) is 6.54. The van der Waals surface area contributed by atoms with Gasteiger partial charge in [0.2, 0.25) is 5.91 Å². The molecule has 0 saturated heterocycles. The van der Waals surface area contributed by atoms with Crippen molar-refractivity contribution in [1.29, 1.82) is 0 Å². The first-order valence-corrected chi connectivity index (χ1v) is 9.54. The minimum atomic E-state index is -0.337. The van der Waals surface area contributed by atoms with E-state index in [9.17, 15) is 9.59 Å². The number of hydrogen-bond acceptors (Lipinski definition) is 2. The van der Waals surface area contributed by atoms with Crippen LogP contribution >= 0.6 is 11.6 Å². The lowest BCUT2D eigenvalue weighted by atomic mass is 10.1. The van der Waals surface area contributed by atoms with E-state index in [1.807, 2.05) is 48.5 Å². The molecule has 3 rings (SSSR count). The van der Waals surface area contributed by atoms with Crippen LogP contribution in [0.3, 0.4) is 0 Å². The lowest BCUT2D eigenvalue weighted by Crippen LogP contribution is -2.27. The van der Waals surface area contributed by atoms with Crippen LogP contribution < -0.4 is 5.32 Å². The van der Waals surface area contributed by atoms with Gasteiger partial charge in [-0.05, 0) is 35.4 Å². The van der Waals surface area contributed by atoms with Gasteiger partial charge in [0.25, 0.3) is 5.91 Å². The van der Waals surface area contributed by atoms with Gasteiger partial charge in [0.1, 0.15) is 0 Å². The maximum atomic E-state index is 12.9. The van der Waals surface area contributed by atoms with Crippen molar-refractivity contribution in [1.82, 2.24) is 4.90 Å². The van der Waals surface area contributed by atoms with Crippen molar-refractivity contribution in [2.24, 2.45) is 0 Å². The molecule has 0 saturated carbocycles. The Hall–Kier alpha value is -3.37. The van der Waals surface area contributed by atoms with Gasteiger partial charge in [0.05, 0.1) is 11.3 Å². The number of carbonyl (C=O) groups is 2. The Kier molecular flexibility index (Phi) is 6.82. The topological polar surface area (TPSA) is 49.4 Å². The van der Waals surface area contributed by atoms with Crippen molar-refractivity contribution in [3.63, 3.8) is 0 Å². The van der Waals surface area contributed by atoms with Gasteiger partial charge in [-0.2, -0.15) is 0 Å². The molecule has 0 aliphatic rings. The minimum absolute atomic E-state index is 0.167. The number of hydrogen-bond donors (Lipinski definition) is 1. The van der Waals surface area contributed by atoms with Crippen LogP contribution in [0.5, 0.6) is 0 Å². The molecule has 0 radical (unpaired) electrons. The quantitative estimate of drug-likeness (QED) is 0.569. The van der Waals surface area contributed by atoms with Gasteiger partial charge in [-0.25, -0.2) is 0 Å². The van der Waals surface area contributed by atoms with E-state index in [1.54, 1.807) is 48.4 Å². The number of para-hydroxylation sites is 1. The van der Waals surface area contributed by atoms with E-state index in [2.05, 4.69) is 5.32 Å². The number of amides is 2. The SMILES string of the molecule is CN(Cc1ccccc1)C(=O)c1ccccc1NC(=O)C=Cc1ccccc1Cl. The summed E-state index contributed by atoms with van der Waals surface area (Å²) in [5, 5.41) is 3.35. The average molecular weight is 405 g/mol. The molecule has 0 spiro atoms. The van der Waals surface area contributed by atoms with Gasteiger partial charge in [0.15, 0.2) is 0 Å². The largest absolute Gasteiger partial charge is 0.337 e. The molecule has 4 nitrogen and oxygen atoms in total. The van der Waals surface area contributed by atoms with E-state index >= 15 is 0 Å². The van der Waals surface area contributed by atoms with Crippen molar-refractivity contribution >= 4 is 35.2 Å². The second kappa shape index (κ2) is 9.71. The van der Waals surface area contributed by atoms with E-state index in [1.165, 1.54) is 6.08 Å². The Labute approximate surface area is 175 Å². The van der Waals surface area contributed by atoms with Crippen LogP contribution in [0.2, 0.25) is 5.02 Å². The van der Waals surface area contributed by atoms with Crippen LogP contribution in [0.1, 0.15) is 21.5 Å². The zero-order chi connectivity index (χ0) is 20.6. The number of rotatable bonds is 6. The van der Waals surface area contributed by atoms with Gasteiger partial charge >= 0.3 is 0 Å². The Balaban J connectivity index is 1.72. The third-order valence-corrected chi connectivity index (χ3v) is 4.69. The molecule has 146 valence electrons. The number of carbonyl (C=O) groups excluding carboxylic acids is 2. The molecule has 0 heterocycles. The molecule has 5 heteroatoms. The third kappa shape index (κ3) is 5.56. The summed E-state index contributed by atoms with van der Waals surface area (Å²) >= 11 is 6.10. The summed E-state index contributed by atoms with van der Waals surface area (Å²) in [5.41, 5.74) is 2.68. The molecule has 0 aliphatic heterocycles. The molecule has 2 amide bonds. The lowest BCUT2D eigenvalue weighted by molar-refractivity contribution is -0.111. The highest BCUT2D eigenvalue weighted by molar-refractivity contribution is 6.32. The van der Waals surface area contributed by atoms with Crippen molar-refractivity contribution in [2.45, 2.75) is 6.54 Å². The van der Waals surface area contributed by atoms with Crippen LogP contribution in [0, 0.1) is 0 Å². The predicted octanol–water partition coefficient (Wildman–Crippen LogP) is 5.26. The molecule has 0 unspecified atom stereocenters. The highest BCUT2D eigenvalue weighted by atomic mass is 35.5. The van der Waals surface area contributed by atoms with Gasteiger partial charge < -0.3 is 10.2 Å². The number of benzene rings is 3.